The Balaban J connectivity index is 4.17. The molecule has 0 amide bonds. The second-order valence-electron chi connectivity index (χ2n) is 1.67. The average Bonchev–Trinajstić information content (AvgIpc) is 1.64. The van der Waals surface area contributed by atoms with Gasteiger partial charge >= 0.3 is 0 Å². The van der Waals surface area contributed by atoms with Crippen LogP contribution in [0.15, 0.2) is 0 Å². The largest absolute Gasteiger partial charge is 0.216 e. The molecule has 0 aliphatic carbocycles. The maximum atomic E-state index is 10.7. The molecule has 0 atom stereocenters. The molecule has 0 rings (SSSR count). The highest BCUT2D eigenvalue weighted by molar-refractivity contribution is 7.96. The molecular weight excluding hydrogens is 136 g/mol. The van der Waals surface area contributed by atoms with Gasteiger partial charge in [0.25, 0.3) is 0 Å². The summed E-state index contributed by atoms with van der Waals surface area (Å²) in [7, 11) is -3.04. The summed E-state index contributed by atoms with van der Waals surface area (Å²) in [6.07, 6.45) is 0.636. The van der Waals surface area contributed by atoms with Crippen LogP contribution in [0.3, 0.4) is 0 Å². The summed E-state index contributed by atoms with van der Waals surface area (Å²) in [5, 5.41) is 2.14. The van der Waals surface area contributed by atoms with Gasteiger partial charge in [-0.1, -0.05) is 12.8 Å². The predicted molar refractivity (Wildman–Crippen MR) is 37.5 cm³/mol. The highest BCUT2D eigenvalue weighted by atomic mass is 32.2. The molecule has 2 nitrogen and oxygen atoms in total. The van der Waals surface area contributed by atoms with Gasteiger partial charge in [-0.3, -0.25) is 0 Å². The normalized spacial score (nSPS) is 10.0. The smallest absolute Gasteiger partial charge is 0.215 e. The van der Waals surface area contributed by atoms with Crippen LogP contribution in [0.2, 0.25) is 0 Å². The van der Waals surface area contributed by atoms with Gasteiger partial charge in [-0.2, -0.15) is 0 Å². The molecular formula is C6H10O2S. The Hall–Kier alpha value is -0.490. The van der Waals surface area contributed by atoms with Crippen molar-refractivity contribution in [3.63, 3.8) is 0 Å². The van der Waals surface area contributed by atoms with Crippen LogP contribution in [0.5, 0.6) is 0 Å². The van der Waals surface area contributed by atoms with Crippen LogP contribution in [-0.4, -0.2) is 14.2 Å². The fraction of sp³-hybridized carbons (Fsp3) is 0.667. The number of rotatable bonds is 2. The van der Waals surface area contributed by atoms with Crippen LogP contribution in [-0.2, 0) is 9.84 Å². The third-order valence-electron chi connectivity index (χ3n) is 0.730. The Labute approximate surface area is 56.2 Å². The number of hydrogen-bond donors (Lipinski definition) is 0. The van der Waals surface area contributed by atoms with Crippen LogP contribution in [0.4, 0.5) is 0 Å². The van der Waals surface area contributed by atoms with Crippen LogP contribution in [0.1, 0.15) is 20.3 Å². The van der Waals surface area contributed by atoms with Gasteiger partial charge in [-0.05, 0) is 13.3 Å². The summed E-state index contributed by atoms with van der Waals surface area (Å²) >= 11 is 0. The SMILES string of the molecule is CC#CS(=O)(=O)CCC. The van der Waals surface area contributed by atoms with Crippen molar-refractivity contribution in [1.29, 1.82) is 0 Å². The lowest BCUT2D eigenvalue weighted by atomic mass is 10.6. The predicted octanol–water partition coefficient (Wildman–Crippen LogP) is 0.792. The van der Waals surface area contributed by atoms with E-state index in [9.17, 15) is 8.42 Å². The molecule has 9 heavy (non-hydrogen) atoms. The van der Waals surface area contributed by atoms with Gasteiger partial charge in [0.05, 0.1) is 5.75 Å². The summed E-state index contributed by atoms with van der Waals surface area (Å²) in [5.41, 5.74) is 0. The van der Waals surface area contributed by atoms with Gasteiger partial charge in [0.2, 0.25) is 9.84 Å². The molecule has 0 aromatic carbocycles. The molecule has 0 spiro atoms. The molecule has 0 heterocycles. The number of hydrogen-bond acceptors (Lipinski definition) is 2. The zero-order valence-corrected chi connectivity index (χ0v) is 6.46. The van der Waals surface area contributed by atoms with E-state index in [2.05, 4.69) is 11.2 Å². The quantitative estimate of drug-likeness (QED) is 0.426. The van der Waals surface area contributed by atoms with E-state index in [0.29, 0.717) is 6.42 Å². The Morgan fingerprint density at radius 3 is 2.33 bits per heavy atom. The van der Waals surface area contributed by atoms with Gasteiger partial charge in [0.1, 0.15) is 0 Å². The highest BCUT2D eigenvalue weighted by Gasteiger charge is 2.01. The zero-order chi connectivity index (χ0) is 7.33. The molecule has 0 aromatic heterocycles. The lowest BCUT2D eigenvalue weighted by Gasteiger charge is -1.87. The zero-order valence-electron chi connectivity index (χ0n) is 5.64. The van der Waals surface area contributed by atoms with E-state index >= 15 is 0 Å². The van der Waals surface area contributed by atoms with Crippen LogP contribution in [0, 0.1) is 11.2 Å². The third kappa shape index (κ3) is 4.04. The van der Waals surface area contributed by atoms with Crippen molar-refractivity contribution >= 4 is 9.84 Å². The van der Waals surface area contributed by atoms with Crippen molar-refractivity contribution in [2.75, 3.05) is 5.75 Å². The Kier molecular flexibility index (Phi) is 3.33. The average molecular weight is 146 g/mol. The molecule has 0 aliphatic heterocycles. The van der Waals surface area contributed by atoms with Gasteiger partial charge in [0, 0.05) is 5.25 Å². The minimum atomic E-state index is -3.04. The minimum absolute atomic E-state index is 0.174. The third-order valence-corrected chi connectivity index (χ3v) is 2.19. The first-order valence-corrected chi connectivity index (χ1v) is 4.44. The van der Waals surface area contributed by atoms with Crippen molar-refractivity contribution in [3.05, 3.63) is 0 Å². The maximum Gasteiger partial charge on any atom is 0.216 e. The van der Waals surface area contributed by atoms with Gasteiger partial charge in [-0.15, -0.1) is 0 Å². The van der Waals surface area contributed by atoms with E-state index in [1.807, 2.05) is 6.92 Å². The lowest BCUT2D eigenvalue weighted by molar-refractivity contribution is 0.605. The van der Waals surface area contributed by atoms with E-state index in [-0.39, 0.29) is 5.75 Å². The summed E-state index contributed by atoms with van der Waals surface area (Å²) in [6, 6.07) is 0. The molecule has 3 heteroatoms. The molecule has 0 saturated carbocycles. The van der Waals surface area contributed by atoms with E-state index < -0.39 is 9.84 Å². The summed E-state index contributed by atoms with van der Waals surface area (Å²) in [6.45, 7) is 3.34. The van der Waals surface area contributed by atoms with Crippen molar-refractivity contribution in [2.45, 2.75) is 20.3 Å². The highest BCUT2D eigenvalue weighted by Crippen LogP contribution is 1.89. The molecule has 0 aromatic rings. The standard InChI is InChI=1S/C6H10O2S/c1-3-5-9(7,8)6-4-2/h3,5H2,1-2H3. The molecule has 0 unspecified atom stereocenters. The Morgan fingerprint density at radius 2 is 2.00 bits per heavy atom. The van der Waals surface area contributed by atoms with Gasteiger partial charge < -0.3 is 0 Å². The molecule has 0 radical (unpaired) electrons. The summed E-state index contributed by atoms with van der Waals surface area (Å²) < 4.78 is 21.3. The molecule has 0 aliphatic rings. The first-order chi connectivity index (χ1) is 4.12. The molecule has 0 fully saturated rings. The van der Waals surface area contributed by atoms with Crippen molar-refractivity contribution < 1.29 is 8.42 Å². The van der Waals surface area contributed by atoms with E-state index in [1.165, 1.54) is 6.92 Å². The first kappa shape index (κ1) is 8.51. The fourth-order valence-electron chi connectivity index (χ4n) is 0.475. The second kappa shape index (κ2) is 3.52. The monoisotopic (exact) mass is 146 g/mol. The van der Waals surface area contributed by atoms with Gasteiger partial charge in [0.15, 0.2) is 0 Å². The lowest BCUT2D eigenvalue weighted by Crippen LogP contribution is -2.00. The van der Waals surface area contributed by atoms with E-state index in [4.69, 9.17) is 0 Å². The summed E-state index contributed by atoms with van der Waals surface area (Å²) in [5.74, 6) is 2.53. The summed E-state index contributed by atoms with van der Waals surface area (Å²) in [4.78, 5) is 0. The van der Waals surface area contributed by atoms with Crippen molar-refractivity contribution in [1.82, 2.24) is 0 Å². The molecule has 0 bridgehead atoms. The van der Waals surface area contributed by atoms with Gasteiger partial charge in [-0.25, -0.2) is 8.42 Å². The first-order valence-electron chi connectivity index (χ1n) is 2.78. The maximum absolute atomic E-state index is 10.7. The van der Waals surface area contributed by atoms with Crippen molar-refractivity contribution in [2.24, 2.45) is 0 Å². The second-order valence-corrected chi connectivity index (χ2v) is 3.51. The van der Waals surface area contributed by atoms with Crippen LogP contribution in [0.25, 0.3) is 0 Å². The molecule has 0 N–H and O–H groups in total. The Morgan fingerprint density at radius 1 is 1.44 bits per heavy atom. The van der Waals surface area contributed by atoms with E-state index in [1.54, 1.807) is 0 Å². The number of sulfone groups is 1. The van der Waals surface area contributed by atoms with Crippen LogP contribution < -0.4 is 0 Å². The fourth-order valence-corrected chi connectivity index (χ4v) is 1.43. The molecule has 0 saturated heterocycles. The topological polar surface area (TPSA) is 34.1 Å². The Bertz CT molecular complexity index is 215. The minimum Gasteiger partial charge on any atom is -0.215 e. The molecule has 52 valence electrons. The van der Waals surface area contributed by atoms with Crippen molar-refractivity contribution in [3.8, 4) is 11.2 Å². The van der Waals surface area contributed by atoms with E-state index in [0.717, 1.165) is 0 Å². The van der Waals surface area contributed by atoms with Crippen LogP contribution >= 0.6 is 0 Å².